The quantitative estimate of drug-likeness (QED) is 0.880. The van der Waals surface area contributed by atoms with E-state index in [0.717, 1.165) is 38.1 Å². The average Bonchev–Trinajstić information content (AvgIpc) is 3.51. The summed E-state index contributed by atoms with van der Waals surface area (Å²) in [7, 11) is 0. The zero-order valence-corrected chi connectivity index (χ0v) is 15.2. The van der Waals surface area contributed by atoms with Gasteiger partial charge in [-0.05, 0) is 42.0 Å². The lowest BCUT2D eigenvalue weighted by Gasteiger charge is -2.30. The van der Waals surface area contributed by atoms with E-state index < -0.39 is 5.97 Å². The van der Waals surface area contributed by atoms with Gasteiger partial charge in [-0.3, -0.25) is 9.69 Å². The molecule has 1 aliphatic carbocycles. The first-order chi connectivity index (χ1) is 13.2. The molecule has 2 aromatic carbocycles. The summed E-state index contributed by atoms with van der Waals surface area (Å²) < 4.78 is 6.10. The van der Waals surface area contributed by atoms with E-state index in [9.17, 15) is 9.90 Å². The summed E-state index contributed by atoms with van der Waals surface area (Å²) in [5.74, 6) is 0.145. The van der Waals surface area contributed by atoms with Gasteiger partial charge in [0.2, 0.25) is 0 Å². The molecule has 2 atom stereocenters. The molecule has 0 aromatic heterocycles. The van der Waals surface area contributed by atoms with E-state index in [1.807, 2.05) is 6.07 Å². The molecule has 2 fully saturated rings. The number of rotatable bonds is 2. The van der Waals surface area contributed by atoms with Crippen LogP contribution in [0.15, 0.2) is 54.1 Å². The van der Waals surface area contributed by atoms with E-state index in [4.69, 9.17) is 4.74 Å². The zero-order valence-electron chi connectivity index (χ0n) is 15.2. The summed E-state index contributed by atoms with van der Waals surface area (Å²) in [4.78, 5) is 13.6. The maximum absolute atomic E-state index is 11.2. The highest BCUT2D eigenvalue weighted by atomic mass is 16.5. The Morgan fingerprint density at radius 1 is 1.00 bits per heavy atom. The first-order valence-corrected chi connectivity index (χ1v) is 9.72. The molecule has 1 saturated carbocycles. The number of likely N-dealkylation sites (tertiary alicyclic amines) is 1. The fourth-order valence-corrected chi connectivity index (χ4v) is 4.60. The predicted octanol–water partition coefficient (Wildman–Crippen LogP) is 3.95. The fourth-order valence-electron chi connectivity index (χ4n) is 4.60. The van der Waals surface area contributed by atoms with Crippen LogP contribution in [-0.4, -0.2) is 35.1 Å². The third kappa shape index (κ3) is 2.94. The van der Waals surface area contributed by atoms with Crippen LogP contribution in [-0.2, 0) is 11.4 Å². The molecule has 5 rings (SSSR count). The van der Waals surface area contributed by atoms with Crippen molar-refractivity contribution in [3.05, 3.63) is 70.8 Å². The summed E-state index contributed by atoms with van der Waals surface area (Å²) in [6, 6.07) is 17.1. The lowest BCUT2D eigenvalue weighted by atomic mass is 9.86. The third-order valence-electron chi connectivity index (χ3n) is 6.12. The van der Waals surface area contributed by atoms with Gasteiger partial charge in [0, 0.05) is 24.7 Å². The van der Waals surface area contributed by atoms with Gasteiger partial charge in [0.15, 0.2) is 0 Å². The topological polar surface area (TPSA) is 49.8 Å². The number of nitrogens with zero attached hydrogens (tertiary/aromatic N) is 1. The minimum atomic E-state index is -0.645. The summed E-state index contributed by atoms with van der Waals surface area (Å²) in [5, 5.41) is 9.21. The molecule has 0 radical (unpaired) electrons. The largest absolute Gasteiger partial charge is 0.488 e. The number of ether oxygens (including phenoxy) is 1. The number of para-hydroxylation sites is 1. The van der Waals surface area contributed by atoms with Gasteiger partial charge < -0.3 is 9.84 Å². The van der Waals surface area contributed by atoms with E-state index >= 15 is 0 Å². The van der Waals surface area contributed by atoms with Crippen molar-refractivity contribution in [2.24, 2.45) is 5.92 Å². The van der Waals surface area contributed by atoms with E-state index in [1.54, 1.807) is 0 Å². The molecule has 1 N–H and O–H groups in total. The summed E-state index contributed by atoms with van der Waals surface area (Å²) in [6.45, 7) is 2.48. The molecule has 0 spiro atoms. The molecule has 0 amide bonds. The second-order valence-corrected chi connectivity index (χ2v) is 7.70. The molecule has 4 nitrogen and oxygen atoms in total. The number of fused-ring (bicyclic) bond motifs is 2. The van der Waals surface area contributed by atoms with Gasteiger partial charge in [-0.25, -0.2) is 0 Å². The molecular weight excluding hydrogens is 338 g/mol. The Labute approximate surface area is 159 Å². The van der Waals surface area contributed by atoms with Gasteiger partial charge in [0.05, 0.1) is 5.92 Å². The van der Waals surface area contributed by atoms with Crippen molar-refractivity contribution in [3.63, 3.8) is 0 Å². The monoisotopic (exact) mass is 361 g/mol. The van der Waals surface area contributed by atoms with Crippen molar-refractivity contribution in [3.8, 4) is 5.75 Å². The predicted molar refractivity (Wildman–Crippen MR) is 104 cm³/mol. The van der Waals surface area contributed by atoms with E-state index in [-0.39, 0.29) is 12.0 Å². The van der Waals surface area contributed by atoms with Crippen LogP contribution >= 0.6 is 0 Å². The highest BCUT2D eigenvalue weighted by Gasteiger charge is 2.47. The number of hydrogen-bond donors (Lipinski definition) is 1. The number of carboxylic acid groups (broad SMARTS) is 1. The van der Waals surface area contributed by atoms with Crippen LogP contribution in [0, 0.1) is 5.92 Å². The van der Waals surface area contributed by atoms with Crippen LogP contribution in [0.5, 0.6) is 5.75 Å². The number of carbonyl (C=O) groups is 1. The van der Waals surface area contributed by atoms with Crippen LogP contribution in [0.1, 0.15) is 36.0 Å². The number of piperidine rings is 1. The number of benzene rings is 2. The molecule has 1 saturated heterocycles. The number of carboxylic acids is 1. The minimum absolute atomic E-state index is 0.160. The Morgan fingerprint density at radius 3 is 2.44 bits per heavy atom. The smallest absolute Gasteiger partial charge is 0.308 e. The highest BCUT2D eigenvalue weighted by molar-refractivity contribution is 5.87. The summed E-state index contributed by atoms with van der Waals surface area (Å²) in [5.41, 5.74) is 6.47. The Kier molecular flexibility index (Phi) is 4.01. The molecule has 138 valence electrons. The molecule has 27 heavy (non-hydrogen) atoms. The fraction of sp³-hybridized carbons (Fsp3) is 0.348. The SMILES string of the molecule is O=C(O)C1CC1N1CCC(=C2c3ccccc3COc3ccccc32)CC1. The number of aliphatic carboxylic acids is 1. The second-order valence-electron chi connectivity index (χ2n) is 7.70. The lowest BCUT2D eigenvalue weighted by molar-refractivity contribution is -0.139. The maximum atomic E-state index is 11.2. The maximum Gasteiger partial charge on any atom is 0.308 e. The van der Waals surface area contributed by atoms with Crippen molar-refractivity contribution in [1.82, 2.24) is 4.90 Å². The molecule has 4 heteroatoms. The van der Waals surface area contributed by atoms with Crippen molar-refractivity contribution in [1.29, 1.82) is 0 Å². The van der Waals surface area contributed by atoms with Crippen molar-refractivity contribution < 1.29 is 14.6 Å². The van der Waals surface area contributed by atoms with Crippen LogP contribution in [0.2, 0.25) is 0 Å². The van der Waals surface area contributed by atoms with Gasteiger partial charge >= 0.3 is 5.97 Å². The first-order valence-electron chi connectivity index (χ1n) is 9.72. The molecule has 0 bridgehead atoms. The number of hydrogen-bond acceptors (Lipinski definition) is 3. The summed E-state index contributed by atoms with van der Waals surface area (Å²) in [6.07, 6.45) is 2.78. The van der Waals surface area contributed by atoms with E-state index in [2.05, 4.69) is 47.4 Å². The van der Waals surface area contributed by atoms with Crippen LogP contribution in [0.4, 0.5) is 0 Å². The van der Waals surface area contributed by atoms with E-state index in [0.29, 0.717) is 6.61 Å². The van der Waals surface area contributed by atoms with Crippen molar-refractivity contribution in [2.75, 3.05) is 13.1 Å². The highest BCUT2D eigenvalue weighted by Crippen LogP contribution is 2.43. The average molecular weight is 361 g/mol. The van der Waals surface area contributed by atoms with Crippen molar-refractivity contribution in [2.45, 2.75) is 31.9 Å². The van der Waals surface area contributed by atoms with Gasteiger partial charge in [-0.1, -0.05) is 48.0 Å². The summed E-state index contributed by atoms with van der Waals surface area (Å²) >= 11 is 0. The van der Waals surface area contributed by atoms with Crippen LogP contribution in [0.25, 0.3) is 5.57 Å². The molecule has 3 aliphatic rings. The Morgan fingerprint density at radius 2 is 1.70 bits per heavy atom. The van der Waals surface area contributed by atoms with Gasteiger partial charge in [0.1, 0.15) is 12.4 Å². The standard InChI is InChI=1S/C23H23NO3/c25-23(26)19-13-20(19)24-11-9-15(10-12-24)22-17-6-2-1-5-16(17)14-27-21-8-4-3-7-18(21)22/h1-8,19-20H,9-14H2,(H,25,26). The molecule has 2 heterocycles. The first kappa shape index (κ1) is 16.6. The van der Waals surface area contributed by atoms with Gasteiger partial charge in [0.25, 0.3) is 0 Å². The normalized spacial score (nSPS) is 24.4. The Balaban J connectivity index is 1.50. The molecular formula is C23H23NO3. The third-order valence-corrected chi connectivity index (χ3v) is 6.12. The van der Waals surface area contributed by atoms with Gasteiger partial charge in [-0.15, -0.1) is 0 Å². The van der Waals surface area contributed by atoms with Crippen LogP contribution < -0.4 is 4.74 Å². The van der Waals surface area contributed by atoms with Crippen LogP contribution in [0.3, 0.4) is 0 Å². The minimum Gasteiger partial charge on any atom is -0.488 e. The molecule has 2 unspecified atom stereocenters. The Bertz CT molecular complexity index is 873. The lowest BCUT2D eigenvalue weighted by Crippen LogP contribution is -2.34. The molecule has 2 aromatic rings. The van der Waals surface area contributed by atoms with Crippen molar-refractivity contribution >= 4 is 11.5 Å². The second kappa shape index (κ2) is 6.54. The van der Waals surface area contributed by atoms with Gasteiger partial charge in [-0.2, -0.15) is 0 Å². The molecule has 2 aliphatic heterocycles. The Hall–Kier alpha value is -2.59. The van der Waals surface area contributed by atoms with E-state index in [1.165, 1.54) is 27.8 Å². The zero-order chi connectivity index (χ0) is 18.4.